The van der Waals surface area contributed by atoms with Crippen molar-refractivity contribution >= 4 is 28.8 Å². The highest BCUT2D eigenvalue weighted by Gasteiger charge is 2.41. The highest BCUT2D eigenvalue weighted by molar-refractivity contribution is 6.38. The van der Waals surface area contributed by atoms with Crippen LogP contribution in [0.25, 0.3) is 11.2 Å². The van der Waals surface area contributed by atoms with Crippen molar-refractivity contribution in [3.8, 4) is 6.01 Å². The molecule has 1 fully saturated rings. The van der Waals surface area contributed by atoms with Crippen molar-refractivity contribution in [2.45, 2.75) is 46.1 Å². The lowest BCUT2D eigenvalue weighted by Crippen LogP contribution is -2.48. The van der Waals surface area contributed by atoms with Gasteiger partial charge in [-0.15, -0.1) is 0 Å². The molecule has 1 aliphatic rings. The van der Waals surface area contributed by atoms with E-state index in [0.717, 1.165) is 0 Å². The second kappa shape index (κ2) is 7.05. The van der Waals surface area contributed by atoms with Gasteiger partial charge in [0, 0.05) is 12.0 Å². The maximum atomic E-state index is 13.1. The summed E-state index contributed by atoms with van der Waals surface area (Å²) in [5.41, 5.74) is 0.00447. The monoisotopic (exact) mass is 373 g/mol. The number of methoxy groups -OCH3 is 1. The van der Waals surface area contributed by atoms with Crippen molar-refractivity contribution in [3.05, 3.63) is 12.5 Å². The van der Waals surface area contributed by atoms with E-state index in [2.05, 4.69) is 15.0 Å². The van der Waals surface area contributed by atoms with Crippen LogP contribution in [-0.2, 0) is 9.59 Å². The molecule has 2 aromatic rings. The minimum atomic E-state index is -0.754. The van der Waals surface area contributed by atoms with Gasteiger partial charge in [0.2, 0.25) is 5.78 Å². The number of amides is 1. The average Bonchev–Trinajstić information content (AvgIpc) is 3.32. The Bertz CT molecular complexity index is 904. The van der Waals surface area contributed by atoms with Gasteiger partial charge in [-0.25, -0.2) is 9.97 Å². The molecule has 0 saturated carbocycles. The summed E-state index contributed by atoms with van der Waals surface area (Å²) < 4.78 is 6.31. The van der Waals surface area contributed by atoms with E-state index in [1.807, 2.05) is 6.92 Å². The number of nitrogens with zero attached hydrogens (tertiary/aromatic N) is 5. The number of carbonyl (C=O) groups excluding carboxylic acids is 3. The second-order valence-corrected chi connectivity index (χ2v) is 7.24. The number of aromatic nitrogens is 4. The number of ether oxygens (including phenoxy) is 1. The molecule has 2 aromatic heterocycles. The van der Waals surface area contributed by atoms with E-state index in [1.165, 1.54) is 29.1 Å². The van der Waals surface area contributed by atoms with Gasteiger partial charge < -0.3 is 9.64 Å². The lowest BCUT2D eigenvalue weighted by atomic mass is 9.84. The molecule has 0 aromatic carbocycles. The number of likely N-dealkylation sites (tertiary alicyclic amines) is 1. The molecule has 0 aliphatic carbocycles. The van der Waals surface area contributed by atoms with E-state index in [1.54, 1.807) is 13.8 Å². The molecule has 1 saturated heterocycles. The standard InChI is InChI=1S/C18H23N5O4/c1-5-18(2,3)13(24)16(26)22-8-6-7-12(22)15(25)23-10-20-11-9-19-17(27-4)21-14(11)23/h9-10,12H,5-8H2,1-4H3. The van der Waals surface area contributed by atoms with Crippen LogP contribution in [0.1, 0.15) is 44.8 Å². The van der Waals surface area contributed by atoms with Gasteiger partial charge in [-0.2, -0.15) is 4.98 Å². The van der Waals surface area contributed by atoms with Crippen molar-refractivity contribution in [3.63, 3.8) is 0 Å². The summed E-state index contributed by atoms with van der Waals surface area (Å²) in [6.07, 6.45) is 4.53. The zero-order valence-corrected chi connectivity index (χ0v) is 15.9. The van der Waals surface area contributed by atoms with Crippen molar-refractivity contribution in [2.24, 2.45) is 5.41 Å². The number of Topliss-reactive ketones (excluding diaryl/α,β-unsaturated/α-hetero) is 1. The van der Waals surface area contributed by atoms with Gasteiger partial charge in [0.1, 0.15) is 17.9 Å². The summed E-state index contributed by atoms with van der Waals surface area (Å²) in [4.78, 5) is 52.1. The van der Waals surface area contributed by atoms with Gasteiger partial charge in [0.05, 0.1) is 13.3 Å². The summed E-state index contributed by atoms with van der Waals surface area (Å²) in [6, 6.07) is -0.594. The SMILES string of the molecule is CCC(C)(C)C(=O)C(=O)N1CCCC1C(=O)n1cnc2cnc(OC)nc21. The summed E-state index contributed by atoms with van der Waals surface area (Å²) in [5, 5.41) is 0. The van der Waals surface area contributed by atoms with Crippen LogP contribution in [0, 0.1) is 5.41 Å². The smallest absolute Gasteiger partial charge is 0.318 e. The maximum absolute atomic E-state index is 13.1. The predicted molar refractivity (Wildman–Crippen MR) is 96.3 cm³/mol. The minimum Gasteiger partial charge on any atom is -0.467 e. The summed E-state index contributed by atoms with van der Waals surface area (Å²) in [7, 11) is 1.43. The Morgan fingerprint density at radius 3 is 2.70 bits per heavy atom. The lowest BCUT2D eigenvalue weighted by molar-refractivity contribution is -0.149. The van der Waals surface area contributed by atoms with Crippen LogP contribution >= 0.6 is 0 Å². The van der Waals surface area contributed by atoms with E-state index in [0.29, 0.717) is 37.0 Å². The Hall–Kier alpha value is -2.84. The number of hydrogen-bond donors (Lipinski definition) is 0. The van der Waals surface area contributed by atoms with Gasteiger partial charge in [-0.3, -0.25) is 19.0 Å². The topological polar surface area (TPSA) is 107 Å². The third kappa shape index (κ3) is 3.29. The van der Waals surface area contributed by atoms with Crippen LogP contribution in [0.2, 0.25) is 0 Å². The number of ketones is 1. The third-order valence-corrected chi connectivity index (χ3v) is 5.18. The van der Waals surface area contributed by atoms with Gasteiger partial charge in [0.15, 0.2) is 5.65 Å². The fourth-order valence-electron chi connectivity index (χ4n) is 3.06. The van der Waals surface area contributed by atoms with Gasteiger partial charge in [0.25, 0.3) is 11.8 Å². The van der Waals surface area contributed by atoms with E-state index < -0.39 is 23.1 Å². The highest BCUT2D eigenvalue weighted by Crippen LogP contribution is 2.26. The minimum absolute atomic E-state index is 0.122. The van der Waals surface area contributed by atoms with E-state index in [4.69, 9.17) is 4.74 Å². The fraction of sp³-hybridized carbons (Fsp3) is 0.556. The molecule has 0 bridgehead atoms. The fourth-order valence-corrected chi connectivity index (χ4v) is 3.06. The van der Waals surface area contributed by atoms with Crippen molar-refractivity contribution < 1.29 is 19.1 Å². The number of fused-ring (bicyclic) bond motifs is 1. The van der Waals surface area contributed by atoms with E-state index in [9.17, 15) is 14.4 Å². The average molecular weight is 373 g/mol. The molecule has 3 heterocycles. The molecule has 1 unspecified atom stereocenters. The zero-order valence-electron chi connectivity index (χ0n) is 15.9. The molecule has 0 radical (unpaired) electrons. The number of rotatable bonds is 5. The molecule has 0 spiro atoms. The number of hydrogen-bond acceptors (Lipinski definition) is 7. The Morgan fingerprint density at radius 2 is 2.04 bits per heavy atom. The third-order valence-electron chi connectivity index (χ3n) is 5.18. The van der Waals surface area contributed by atoms with Crippen LogP contribution in [0.15, 0.2) is 12.5 Å². The van der Waals surface area contributed by atoms with Crippen molar-refractivity contribution in [1.29, 1.82) is 0 Å². The molecule has 9 heteroatoms. The van der Waals surface area contributed by atoms with Crippen LogP contribution in [-0.4, -0.2) is 61.7 Å². The first-order valence-electron chi connectivity index (χ1n) is 8.94. The Balaban J connectivity index is 1.90. The normalized spacial score (nSPS) is 17.3. The molecular formula is C18H23N5O4. The molecule has 144 valence electrons. The number of carbonyl (C=O) groups is 3. The maximum Gasteiger partial charge on any atom is 0.318 e. The van der Waals surface area contributed by atoms with E-state index in [-0.39, 0.29) is 11.9 Å². The van der Waals surface area contributed by atoms with Gasteiger partial charge in [-0.1, -0.05) is 20.8 Å². The summed E-state index contributed by atoms with van der Waals surface area (Å²) in [6.45, 7) is 5.73. The summed E-state index contributed by atoms with van der Waals surface area (Å²) in [5.74, 6) is -1.41. The van der Waals surface area contributed by atoms with Gasteiger partial charge in [-0.05, 0) is 19.3 Å². The Kier molecular flexibility index (Phi) is 4.95. The second-order valence-electron chi connectivity index (χ2n) is 7.24. The first-order chi connectivity index (χ1) is 12.8. The largest absolute Gasteiger partial charge is 0.467 e. The van der Waals surface area contributed by atoms with Crippen LogP contribution in [0.3, 0.4) is 0 Å². The molecule has 0 N–H and O–H groups in total. The molecule has 1 amide bonds. The Labute approximate surface area is 156 Å². The molecule has 27 heavy (non-hydrogen) atoms. The molecule has 1 aliphatic heterocycles. The van der Waals surface area contributed by atoms with Crippen LogP contribution < -0.4 is 4.74 Å². The quantitative estimate of drug-likeness (QED) is 0.730. The number of imidazole rings is 1. The first kappa shape index (κ1) is 18.9. The predicted octanol–water partition coefficient (Wildman–Crippen LogP) is 1.47. The molecule has 1 atom stereocenters. The first-order valence-corrected chi connectivity index (χ1v) is 8.94. The Morgan fingerprint density at radius 1 is 1.30 bits per heavy atom. The lowest BCUT2D eigenvalue weighted by Gasteiger charge is -2.27. The van der Waals surface area contributed by atoms with E-state index >= 15 is 0 Å². The summed E-state index contributed by atoms with van der Waals surface area (Å²) >= 11 is 0. The van der Waals surface area contributed by atoms with Crippen LogP contribution in [0.4, 0.5) is 0 Å². The van der Waals surface area contributed by atoms with Crippen molar-refractivity contribution in [1.82, 2.24) is 24.4 Å². The van der Waals surface area contributed by atoms with Gasteiger partial charge >= 0.3 is 6.01 Å². The molecule has 3 rings (SSSR count). The van der Waals surface area contributed by atoms with Crippen LogP contribution in [0.5, 0.6) is 6.01 Å². The zero-order chi connectivity index (χ0) is 19.8. The molecular weight excluding hydrogens is 350 g/mol. The molecule has 9 nitrogen and oxygen atoms in total. The van der Waals surface area contributed by atoms with Crippen molar-refractivity contribution in [2.75, 3.05) is 13.7 Å². The highest BCUT2D eigenvalue weighted by atomic mass is 16.5.